The van der Waals surface area contributed by atoms with Gasteiger partial charge in [0.05, 0.1) is 6.61 Å². The number of halogens is 1. The Morgan fingerprint density at radius 3 is 3.06 bits per heavy atom. The van der Waals surface area contributed by atoms with E-state index in [9.17, 15) is 0 Å². The third-order valence-electron chi connectivity index (χ3n) is 3.87. The van der Waals surface area contributed by atoms with Crippen molar-refractivity contribution < 1.29 is 4.74 Å². The van der Waals surface area contributed by atoms with Crippen molar-refractivity contribution in [1.82, 2.24) is 4.90 Å². The molecule has 2 unspecified atom stereocenters. The topological polar surface area (TPSA) is 12.5 Å². The second-order valence-corrected chi connectivity index (χ2v) is 5.76. The zero-order chi connectivity index (χ0) is 11.7. The summed E-state index contributed by atoms with van der Waals surface area (Å²) < 4.78 is 5.74. The van der Waals surface area contributed by atoms with E-state index >= 15 is 0 Å². The smallest absolute Gasteiger partial charge is 0.122 e. The van der Waals surface area contributed by atoms with Gasteiger partial charge in [0.25, 0.3) is 0 Å². The van der Waals surface area contributed by atoms with Crippen molar-refractivity contribution >= 4 is 15.9 Å². The maximum absolute atomic E-state index is 5.74. The van der Waals surface area contributed by atoms with Crippen LogP contribution in [0.2, 0.25) is 0 Å². The van der Waals surface area contributed by atoms with Gasteiger partial charge < -0.3 is 9.64 Å². The van der Waals surface area contributed by atoms with Gasteiger partial charge in [-0.05, 0) is 24.9 Å². The Bertz CT molecular complexity index is 396. The minimum atomic E-state index is 0.570. The van der Waals surface area contributed by atoms with E-state index in [1.165, 1.54) is 25.1 Å². The zero-order valence-electron chi connectivity index (χ0n) is 9.94. The number of rotatable bonds is 3. The van der Waals surface area contributed by atoms with Gasteiger partial charge in [-0.1, -0.05) is 34.1 Å². The molecule has 0 spiro atoms. The van der Waals surface area contributed by atoms with Crippen LogP contribution in [0.4, 0.5) is 0 Å². The van der Waals surface area contributed by atoms with Crippen molar-refractivity contribution in [3.8, 4) is 5.75 Å². The Labute approximate surface area is 111 Å². The number of alkyl halides is 1. The van der Waals surface area contributed by atoms with E-state index in [1.54, 1.807) is 0 Å². The number of hydrogen-bond donors (Lipinski definition) is 0. The Morgan fingerprint density at radius 2 is 2.24 bits per heavy atom. The summed E-state index contributed by atoms with van der Waals surface area (Å²) in [5.41, 5.74) is 1.40. The molecule has 92 valence electrons. The molecule has 0 bridgehead atoms. The predicted molar refractivity (Wildman–Crippen MR) is 73.0 cm³/mol. The van der Waals surface area contributed by atoms with E-state index in [2.05, 4.69) is 45.1 Å². The molecule has 0 aliphatic carbocycles. The molecule has 17 heavy (non-hydrogen) atoms. The number of para-hydroxylation sites is 1. The van der Waals surface area contributed by atoms with Crippen LogP contribution in [0, 0.1) is 5.92 Å². The SMILES string of the molecule is BrCC1CCN(CC2COc3ccccc32)C1. The molecule has 0 radical (unpaired) electrons. The van der Waals surface area contributed by atoms with E-state index in [0.29, 0.717) is 5.92 Å². The Balaban J connectivity index is 1.64. The highest BCUT2D eigenvalue weighted by Gasteiger charge is 2.29. The normalized spacial score (nSPS) is 28.1. The fourth-order valence-corrected chi connectivity index (χ4v) is 3.43. The molecular formula is C14H18BrNO. The Hall–Kier alpha value is -0.540. The summed E-state index contributed by atoms with van der Waals surface area (Å²) in [5.74, 6) is 2.50. The predicted octanol–water partition coefficient (Wildman–Crippen LogP) is 2.88. The number of hydrogen-bond acceptors (Lipinski definition) is 2. The molecule has 2 atom stereocenters. The Morgan fingerprint density at radius 1 is 1.35 bits per heavy atom. The molecule has 0 amide bonds. The summed E-state index contributed by atoms with van der Waals surface area (Å²) >= 11 is 3.59. The molecule has 1 aromatic rings. The average Bonchev–Trinajstić information content (AvgIpc) is 2.97. The molecule has 1 fully saturated rings. The summed E-state index contributed by atoms with van der Waals surface area (Å²) in [6.45, 7) is 4.49. The molecule has 2 heterocycles. The Kier molecular flexibility index (Phi) is 3.39. The third-order valence-corrected chi connectivity index (χ3v) is 4.78. The summed E-state index contributed by atoms with van der Waals surface area (Å²) in [4.78, 5) is 2.59. The van der Waals surface area contributed by atoms with Crippen LogP contribution in [-0.4, -0.2) is 36.5 Å². The van der Waals surface area contributed by atoms with Crippen LogP contribution in [0.25, 0.3) is 0 Å². The first-order valence-corrected chi connectivity index (χ1v) is 7.49. The van der Waals surface area contributed by atoms with Crippen molar-refractivity contribution in [2.75, 3.05) is 31.6 Å². The second-order valence-electron chi connectivity index (χ2n) is 5.11. The van der Waals surface area contributed by atoms with Crippen LogP contribution < -0.4 is 4.74 Å². The lowest BCUT2D eigenvalue weighted by Gasteiger charge is -2.19. The molecule has 2 aliphatic rings. The summed E-state index contributed by atoms with van der Waals surface area (Å²) in [6.07, 6.45) is 1.33. The zero-order valence-corrected chi connectivity index (χ0v) is 11.5. The van der Waals surface area contributed by atoms with Crippen molar-refractivity contribution in [3.63, 3.8) is 0 Å². The van der Waals surface area contributed by atoms with Gasteiger partial charge in [-0.3, -0.25) is 0 Å². The highest BCUT2D eigenvalue weighted by atomic mass is 79.9. The van der Waals surface area contributed by atoms with Gasteiger partial charge in [0.1, 0.15) is 5.75 Å². The molecule has 1 aromatic carbocycles. The largest absolute Gasteiger partial charge is 0.493 e. The molecule has 1 saturated heterocycles. The van der Waals surface area contributed by atoms with E-state index in [-0.39, 0.29) is 0 Å². The fourth-order valence-electron chi connectivity index (χ4n) is 2.90. The first kappa shape index (κ1) is 11.5. The first-order valence-electron chi connectivity index (χ1n) is 6.37. The second kappa shape index (κ2) is 4.99. The molecular weight excluding hydrogens is 278 g/mol. The molecule has 0 aromatic heterocycles. The number of ether oxygens (including phenoxy) is 1. The van der Waals surface area contributed by atoms with Gasteiger partial charge in [-0.25, -0.2) is 0 Å². The molecule has 3 heteroatoms. The minimum absolute atomic E-state index is 0.570. The number of likely N-dealkylation sites (tertiary alicyclic amines) is 1. The monoisotopic (exact) mass is 295 g/mol. The molecule has 2 aliphatic heterocycles. The van der Waals surface area contributed by atoms with Gasteiger partial charge in [-0.15, -0.1) is 0 Å². The highest BCUT2D eigenvalue weighted by Crippen LogP contribution is 2.34. The molecule has 0 N–H and O–H groups in total. The van der Waals surface area contributed by atoms with E-state index < -0.39 is 0 Å². The number of benzene rings is 1. The number of nitrogens with zero attached hydrogens (tertiary/aromatic N) is 1. The maximum Gasteiger partial charge on any atom is 0.122 e. The van der Waals surface area contributed by atoms with Crippen LogP contribution >= 0.6 is 15.9 Å². The van der Waals surface area contributed by atoms with Crippen LogP contribution in [0.3, 0.4) is 0 Å². The lowest BCUT2D eigenvalue weighted by atomic mass is 10.0. The summed E-state index contributed by atoms with van der Waals surface area (Å²) in [7, 11) is 0. The molecule has 2 nitrogen and oxygen atoms in total. The number of fused-ring (bicyclic) bond motifs is 1. The average molecular weight is 296 g/mol. The summed E-state index contributed by atoms with van der Waals surface area (Å²) in [5, 5.41) is 1.14. The quantitative estimate of drug-likeness (QED) is 0.795. The van der Waals surface area contributed by atoms with Gasteiger partial charge in [0.2, 0.25) is 0 Å². The van der Waals surface area contributed by atoms with E-state index in [0.717, 1.165) is 30.1 Å². The van der Waals surface area contributed by atoms with Crippen LogP contribution in [0.5, 0.6) is 5.75 Å². The molecule has 0 saturated carbocycles. The summed E-state index contributed by atoms with van der Waals surface area (Å²) in [6, 6.07) is 8.47. The maximum atomic E-state index is 5.74. The van der Waals surface area contributed by atoms with Crippen LogP contribution in [-0.2, 0) is 0 Å². The van der Waals surface area contributed by atoms with Gasteiger partial charge >= 0.3 is 0 Å². The van der Waals surface area contributed by atoms with Gasteiger partial charge in [-0.2, -0.15) is 0 Å². The van der Waals surface area contributed by atoms with Crippen molar-refractivity contribution in [2.24, 2.45) is 5.92 Å². The molecule has 3 rings (SSSR count). The fraction of sp³-hybridized carbons (Fsp3) is 0.571. The van der Waals surface area contributed by atoms with Crippen molar-refractivity contribution in [2.45, 2.75) is 12.3 Å². The minimum Gasteiger partial charge on any atom is -0.493 e. The van der Waals surface area contributed by atoms with Crippen molar-refractivity contribution in [1.29, 1.82) is 0 Å². The first-order chi connectivity index (χ1) is 8.36. The lowest BCUT2D eigenvalue weighted by molar-refractivity contribution is 0.263. The third kappa shape index (κ3) is 2.36. The van der Waals surface area contributed by atoms with E-state index in [1.807, 2.05) is 0 Å². The van der Waals surface area contributed by atoms with Crippen LogP contribution in [0.1, 0.15) is 17.9 Å². The van der Waals surface area contributed by atoms with E-state index in [4.69, 9.17) is 4.74 Å². The standard InChI is InChI=1S/C14H18BrNO/c15-7-11-5-6-16(8-11)9-12-10-17-14-4-2-1-3-13(12)14/h1-4,11-12H,5-10H2. The highest BCUT2D eigenvalue weighted by molar-refractivity contribution is 9.09. The van der Waals surface area contributed by atoms with Crippen molar-refractivity contribution in [3.05, 3.63) is 29.8 Å². The van der Waals surface area contributed by atoms with Crippen LogP contribution in [0.15, 0.2) is 24.3 Å². The lowest BCUT2D eigenvalue weighted by Crippen LogP contribution is -2.27. The van der Waals surface area contributed by atoms with Gasteiger partial charge in [0, 0.05) is 29.9 Å². The van der Waals surface area contributed by atoms with Gasteiger partial charge in [0.15, 0.2) is 0 Å².